The number of nitrogens with zero attached hydrogens (tertiary/aromatic N) is 4. The van der Waals surface area contributed by atoms with Crippen molar-refractivity contribution in [2.24, 2.45) is 5.41 Å². The van der Waals surface area contributed by atoms with E-state index >= 15 is 0 Å². The molecule has 0 fully saturated rings. The van der Waals surface area contributed by atoms with Gasteiger partial charge in [-0.1, -0.05) is 38.1 Å². The number of alkyl halides is 3. The maximum absolute atomic E-state index is 12.5. The Hall–Kier alpha value is -2.68. The lowest BCUT2D eigenvalue weighted by Crippen LogP contribution is -2.24. The van der Waals surface area contributed by atoms with Crippen molar-refractivity contribution in [3.63, 3.8) is 0 Å². The van der Waals surface area contributed by atoms with Gasteiger partial charge in [0.2, 0.25) is 0 Å². The second-order valence-corrected chi connectivity index (χ2v) is 8.04. The van der Waals surface area contributed by atoms with Crippen molar-refractivity contribution in [2.75, 3.05) is 13.1 Å². The molecular weight excluding hydrogens is 383 g/mol. The normalized spacial score (nSPS) is 13.0. The quantitative estimate of drug-likeness (QED) is 0.578. The van der Waals surface area contributed by atoms with Gasteiger partial charge in [0.05, 0.1) is 17.4 Å². The smallest absolute Gasteiger partial charge is 0.329 e. The second-order valence-electron chi connectivity index (χ2n) is 8.04. The van der Waals surface area contributed by atoms with Gasteiger partial charge in [-0.3, -0.25) is 0 Å². The van der Waals surface area contributed by atoms with Gasteiger partial charge in [-0.25, -0.2) is 4.98 Å². The van der Waals surface area contributed by atoms with E-state index in [0.29, 0.717) is 5.41 Å². The van der Waals surface area contributed by atoms with Crippen LogP contribution in [0.3, 0.4) is 0 Å². The summed E-state index contributed by atoms with van der Waals surface area (Å²) in [7, 11) is 0. The molecule has 0 amide bonds. The second kappa shape index (κ2) is 8.36. The van der Waals surface area contributed by atoms with E-state index in [2.05, 4.69) is 50.3 Å². The number of benzene rings is 1. The summed E-state index contributed by atoms with van der Waals surface area (Å²) in [5.74, 6) is -1.49. The Morgan fingerprint density at radius 2 is 1.93 bits per heavy atom. The van der Waals surface area contributed by atoms with Crippen LogP contribution >= 0.6 is 0 Å². The fraction of sp³-hybridized carbons (Fsp3) is 0.450. The van der Waals surface area contributed by atoms with Gasteiger partial charge in [-0.2, -0.15) is 18.2 Å². The molecule has 29 heavy (non-hydrogen) atoms. The molecule has 0 aliphatic carbocycles. The fourth-order valence-electron chi connectivity index (χ4n) is 2.74. The molecule has 3 rings (SSSR count). The van der Waals surface area contributed by atoms with Crippen LogP contribution in [0.1, 0.15) is 44.5 Å². The summed E-state index contributed by atoms with van der Waals surface area (Å²) in [6.07, 6.45) is 1.25. The van der Waals surface area contributed by atoms with E-state index in [-0.39, 0.29) is 5.82 Å². The van der Waals surface area contributed by atoms with Crippen LogP contribution < -0.4 is 5.32 Å². The standard InChI is InChI=1S/C20H24F3N5O/c1-19(2,3)8-9-24-10-11-28-13-25-15-12-14(4-6-16(15)28)5-7-17-26-18(29-27-17)20(21,22)23/h4-7,12-13,24H,8-11H2,1-3H3/b7-5+. The summed E-state index contributed by atoms with van der Waals surface area (Å²) in [5, 5.41) is 6.75. The van der Waals surface area contributed by atoms with Gasteiger partial charge in [0.25, 0.3) is 0 Å². The Bertz CT molecular complexity index is 982. The van der Waals surface area contributed by atoms with E-state index in [1.807, 2.05) is 18.2 Å². The molecule has 2 aromatic heterocycles. The molecule has 0 aliphatic rings. The molecule has 0 saturated heterocycles. The lowest BCUT2D eigenvalue weighted by molar-refractivity contribution is -0.159. The summed E-state index contributed by atoms with van der Waals surface area (Å²) >= 11 is 0. The summed E-state index contributed by atoms with van der Waals surface area (Å²) in [6, 6.07) is 5.67. The maximum atomic E-state index is 12.5. The summed E-state index contributed by atoms with van der Waals surface area (Å²) < 4.78 is 43.7. The predicted octanol–water partition coefficient (Wildman–Crippen LogP) is 4.63. The van der Waals surface area contributed by atoms with Gasteiger partial charge < -0.3 is 14.4 Å². The Balaban J connectivity index is 1.60. The van der Waals surface area contributed by atoms with Crippen LogP contribution in [0.4, 0.5) is 13.2 Å². The average molecular weight is 407 g/mol. The molecule has 1 N–H and O–H groups in total. The Morgan fingerprint density at radius 3 is 2.62 bits per heavy atom. The first kappa shape index (κ1) is 21.0. The minimum Gasteiger partial charge on any atom is -0.329 e. The minimum absolute atomic E-state index is 0.135. The van der Waals surface area contributed by atoms with Crippen LogP contribution in [0.25, 0.3) is 23.2 Å². The van der Waals surface area contributed by atoms with Crippen molar-refractivity contribution >= 4 is 23.2 Å². The molecule has 1 aromatic carbocycles. The maximum Gasteiger partial charge on any atom is 0.471 e. The number of hydrogen-bond acceptors (Lipinski definition) is 5. The Morgan fingerprint density at radius 1 is 1.14 bits per heavy atom. The van der Waals surface area contributed by atoms with Gasteiger partial charge >= 0.3 is 12.1 Å². The first-order chi connectivity index (χ1) is 13.6. The number of imidazole rings is 1. The first-order valence-electron chi connectivity index (χ1n) is 9.36. The number of nitrogens with one attached hydrogen (secondary N) is 1. The van der Waals surface area contributed by atoms with Crippen LogP contribution in [0, 0.1) is 5.41 Å². The van der Waals surface area contributed by atoms with Crippen molar-refractivity contribution < 1.29 is 17.7 Å². The number of hydrogen-bond donors (Lipinski definition) is 1. The zero-order valence-electron chi connectivity index (χ0n) is 16.6. The van der Waals surface area contributed by atoms with E-state index in [4.69, 9.17) is 0 Å². The van der Waals surface area contributed by atoms with Crippen LogP contribution in [0.2, 0.25) is 0 Å². The number of aromatic nitrogens is 4. The molecule has 0 atom stereocenters. The van der Waals surface area contributed by atoms with E-state index in [9.17, 15) is 13.2 Å². The first-order valence-corrected chi connectivity index (χ1v) is 9.36. The molecule has 0 bridgehead atoms. The third-order valence-electron chi connectivity index (χ3n) is 4.34. The Kier molecular flexibility index (Phi) is 6.07. The Labute approximate surface area is 166 Å². The molecule has 0 spiro atoms. The SMILES string of the molecule is CC(C)(C)CCNCCn1cnc2cc(/C=C/c3noc(C(F)(F)F)n3)ccc21. The van der Waals surface area contributed by atoms with Crippen molar-refractivity contribution in [2.45, 2.75) is 39.9 Å². The molecule has 0 unspecified atom stereocenters. The number of fused-ring (bicyclic) bond motifs is 1. The largest absolute Gasteiger partial charge is 0.471 e. The minimum atomic E-state index is -4.65. The highest BCUT2D eigenvalue weighted by Gasteiger charge is 2.38. The number of halogens is 3. The average Bonchev–Trinajstić information content (AvgIpc) is 3.25. The van der Waals surface area contributed by atoms with Crippen molar-refractivity contribution in [3.05, 3.63) is 41.8 Å². The summed E-state index contributed by atoms with van der Waals surface area (Å²) in [5.41, 5.74) is 2.91. The fourth-order valence-corrected chi connectivity index (χ4v) is 2.74. The lowest BCUT2D eigenvalue weighted by Gasteiger charge is -2.18. The highest BCUT2D eigenvalue weighted by atomic mass is 19.4. The van der Waals surface area contributed by atoms with Gasteiger partial charge in [0, 0.05) is 13.1 Å². The van der Waals surface area contributed by atoms with E-state index in [1.165, 1.54) is 6.08 Å². The molecule has 9 heteroatoms. The van der Waals surface area contributed by atoms with Crippen molar-refractivity contribution in [1.82, 2.24) is 25.0 Å². The van der Waals surface area contributed by atoms with Crippen molar-refractivity contribution in [3.8, 4) is 0 Å². The van der Waals surface area contributed by atoms with Gasteiger partial charge in [0.15, 0.2) is 5.82 Å². The zero-order chi connectivity index (χ0) is 21.1. The molecule has 156 valence electrons. The van der Waals surface area contributed by atoms with E-state index < -0.39 is 12.1 Å². The van der Waals surface area contributed by atoms with E-state index in [0.717, 1.165) is 42.7 Å². The molecule has 0 aliphatic heterocycles. The summed E-state index contributed by atoms with van der Waals surface area (Å²) in [4.78, 5) is 7.72. The van der Waals surface area contributed by atoms with E-state index in [1.54, 1.807) is 12.4 Å². The van der Waals surface area contributed by atoms with Crippen molar-refractivity contribution in [1.29, 1.82) is 0 Å². The highest BCUT2D eigenvalue weighted by molar-refractivity contribution is 5.80. The highest BCUT2D eigenvalue weighted by Crippen LogP contribution is 2.27. The van der Waals surface area contributed by atoms with Gasteiger partial charge in [-0.05, 0) is 42.2 Å². The van der Waals surface area contributed by atoms with Gasteiger partial charge in [0.1, 0.15) is 0 Å². The molecule has 0 saturated carbocycles. The molecular formula is C20H24F3N5O. The summed E-state index contributed by atoms with van der Waals surface area (Å²) in [6.45, 7) is 9.28. The topological polar surface area (TPSA) is 68.8 Å². The molecule has 0 radical (unpaired) electrons. The number of rotatable bonds is 7. The van der Waals surface area contributed by atoms with Gasteiger partial charge in [-0.15, -0.1) is 0 Å². The third kappa shape index (κ3) is 5.90. The van der Waals surface area contributed by atoms with Crippen LogP contribution in [-0.2, 0) is 12.7 Å². The van der Waals surface area contributed by atoms with Crippen LogP contribution in [0.15, 0.2) is 29.0 Å². The predicted molar refractivity (Wildman–Crippen MR) is 105 cm³/mol. The molecule has 3 aromatic rings. The van der Waals surface area contributed by atoms with Crippen LogP contribution in [-0.4, -0.2) is 32.8 Å². The lowest BCUT2D eigenvalue weighted by atomic mass is 9.92. The van der Waals surface area contributed by atoms with Crippen LogP contribution in [0.5, 0.6) is 0 Å². The molecule has 6 nitrogen and oxygen atoms in total. The zero-order valence-corrected chi connectivity index (χ0v) is 16.6. The molecule has 2 heterocycles. The monoisotopic (exact) mass is 407 g/mol. The third-order valence-corrected chi connectivity index (χ3v) is 4.34.